The monoisotopic (exact) mass is 419 g/mol. The van der Waals surface area contributed by atoms with Crippen molar-refractivity contribution in [1.82, 2.24) is 15.0 Å². The van der Waals surface area contributed by atoms with E-state index in [0.717, 1.165) is 23.2 Å². The van der Waals surface area contributed by atoms with E-state index in [2.05, 4.69) is 15.1 Å². The Morgan fingerprint density at radius 3 is 2.53 bits per heavy atom. The number of hydrogen-bond acceptors (Lipinski definition) is 6. The van der Waals surface area contributed by atoms with Gasteiger partial charge in [0.15, 0.2) is 11.5 Å². The van der Waals surface area contributed by atoms with Crippen molar-refractivity contribution in [2.45, 2.75) is 12.0 Å². The summed E-state index contributed by atoms with van der Waals surface area (Å²) in [4.78, 5) is 21.8. The second-order valence-corrected chi connectivity index (χ2v) is 6.51. The van der Waals surface area contributed by atoms with Crippen molar-refractivity contribution in [2.24, 2.45) is 10.7 Å². The van der Waals surface area contributed by atoms with Gasteiger partial charge in [-0.1, -0.05) is 5.16 Å². The van der Waals surface area contributed by atoms with E-state index in [1.165, 1.54) is 25.4 Å². The Morgan fingerprint density at radius 1 is 1.17 bits per heavy atom. The minimum absolute atomic E-state index is 0.0441. The molecule has 0 saturated carbocycles. The Hall–Kier alpha value is -3.76. The predicted molar refractivity (Wildman–Crippen MR) is 96.2 cm³/mol. The number of rotatable bonds is 4. The number of pyridine rings is 1. The highest BCUT2D eigenvalue weighted by atomic mass is 19.3. The van der Waals surface area contributed by atoms with Gasteiger partial charge in [-0.25, -0.2) is 22.6 Å². The molecule has 1 atom stereocenters. The average molecular weight is 419 g/mol. The van der Waals surface area contributed by atoms with Gasteiger partial charge in [-0.05, 0) is 23.8 Å². The Balaban J connectivity index is 2.03. The first kappa shape index (κ1) is 19.6. The molecule has 0 aliphatic carbocycles. The number of benzene rings is 1. The third kappa shape index (κ3) is 2.81. The van der Waals surface area contributed by atoms with Crippen molar-refractivity contribution in [3.05, 3.63) is 71.2 Å². The lowest BCUT2D eigenvalue weighted by molar-refractivity contribution is -0.129. The fourth-order valence-corrected chi connectivity index (χ4v) is 3.33. The molecule has 1 aliphatic rings. The van der Waals surface area contributed by atoms with Gasteiger partial charge in [0.25, 0.3) is 12.3 Å². The molecule has 30 heavy (non-hydrogen) atoms. The zero-order valence-electron chi connectivity index (χ0n) is 15.3. The molecule has 0 spiro atoms. The summed E-state index contributed by atoms with van der Waals surface area (Å²) in [5, 5.41) is 3.62. The van der Waals surface area contributed by atoms with Gasteiger partial charge in [-0.3, -0.25) is 14.7 Å². The van der Waals surface area contributed by atoms with Crippen LogP contribution in [0.1, 0.15) is 23.2 Å². The van der Waals surface area contributed by atoms with Crippen LogP contribution in [-0.4, -0.2) is 34.0 Å². The van der Waals surface area contributed by atoms with E-state index in [0.29, 0.717) is 6.07 Å². The largest absolute Gasteiger partial charge is 0.369 e. The SMILES string of the molecule is CN1C(=O)C(c2ccnc(C(F)F)c2)(c2cc(-c3ccon3)c(F)cc2F)N=C1N. The molecule has 154 valence electrons. The Labute approximate surface area is 166 Å². The Morgan fingerprint density at radius 2 is 1.93 bits per heavy atom. The third-order valence-corrected chi connectivity index (χ3v) is 4.82. The van der Waals surface area contributed by atoms with Gasteiger partial charge in [0.05, 0.1) is 0 Å². The van der Waals surface area contributed by atoms with Crippen LogP contribution in [0.4, 0.5) is 17.6 Å². The van der Waals surface area contributed by atoms with Crippen LogP contribution >= 0.6 is 0 Å². The lowest BCUT2D eigenvalue weighted by atomic mass is 9.81. The molecule has 0 radical (unpaired) electrons. The van der Waals surface area contributed by atoms with E-state index in [9.17, 15) is 18.0 Å². The van der Waals surface area contributed by atoms with Crippen molar-refractivity contribution in [2.75, 3.05) is 7.05 Å². The van der Waals surface area contributed by atoms with Crippen molar-refractivity contribution in [3.63, 3.8) is 0 Å². The quantitative estimate of drug-likeness (QED) is 0.656. The van der Waals surface area contributed by atoms with Gasteiger partial charge >= 0.3 is 0 Å². The molecular formula is C19H13F4N5O2. The highest BCUT2D eigenvalue weighted by Crippen LogP contribution is 2.42. The number of carbonyl (C=O) groups excluding carboxylic acids is 1. The average Bonchev–Trinajstić information content (AvgIpc) is 3.32. The molecule has 1 amide bonds. The summed E-state index contributed by atoms with van der Waals surface area (Å²) < 4.78 is 60.6. The number of hydrogen-bond donors (Lipinski definition) is 1. The second-order valence-electron chi connectivity index (χ2n) is 6.51. The van der Waals surface area contributed by atoms with Crippen molar-refractivity contribution in [3.8, 4) is 11.3 Å². The molecule has 0 bridgehead atoms. The van der Waals surface area contributed by atoms with Crippen LogP contribution in [0.5, 0.6) is 0 Å². The summed E-state index contributed by atoms with van der Waals surface area (Å²) in [7, 11) is 1.30. The van der Waals surface area contributed by atoms with Gasteiger partial charge < -0.3 is 10.3 Å². The summed E-state index contributed by atoms with van der Waals surface area (Å²) >= 11 is 0. The van der Waals surface area contributed by atoms with Crippen molar-refractivity contribution < 1.29 is 26.9 Å². The van der Waals surface area contributed by atoms with Crippen molar-refractivity contribution >= 4 is 11.9 Å². The highest BCUT2D eigenvalue weighted by Gasteiger charge is 2.51. The molecule has 0 saturated heterocycles. The lowest BCUT2D eigenvalue weighted by Crippen LogP contribution is -2.41. The topological polar surface area (TPSA) is 97.6 Å². The number of nitrogens with zero attached hydrogens (tertiary/aromatic N) is 4. The fourth-order valence-electron chi connectivity index (χ4n) is 3.33. The van der Waals surface area contributed by atoms with Gasteiger partial charge in [0.1, 0.15) is 29.3 Å². The first-order chi connectivity index (χ1) is 14.3. The highest BCUT2D eigenvalue weighted by molar-refractivity contribution is 6.09. The van der Waals surface area contributed by atoms with E-state index in [1.54, 1.807) is 0 Å². The number of aromatic nitrogens is 2. The molecule has 1 aromatic carbocycles. The maximum absolute atomic E-state index is 15.0. The van der Waals surface area contributed by atoms with Crippen LogP contribution in [0.15, 0.2) is 52.3 Å². The molecule has 3 aromatic rings. The zero-order valence-corrected chi connectivity index (χ0v) is 15.3. The molecular weight excluding hydrogens is 406 g/mol. The van der Waals surface area contributed by atoms with E-state index in [-0.39, 0.29) is 28.3 Å². The predicted octanol–water partition coefficient (Wildman–Crippen LogP) is 2.98. The minimum atomic E-state index is -2.94. The third-order valence-electron chi connectivity index (χ3n) is 4.82. The van der Waals surface area contributed by atoms with Crippen LogP contribution < -0.4 is 5.73 Å². The molecule has 1 unspecified atom stereocenters. The van der Waals surface area contributed by atoms with Gasteiger partial charge in [0, 0.05) is 36.5 Å². The fraction of sp³-hybridized carbons (Fsp3) is 0.158. The van der Waals surface area contributed by atoms with E-state index in [4.69, 9.17) is 10.3 Å². The molecule has 3 heterocycles. The minimum Gasteiger partial charge on any atom is -0.369 e. The van der Waals surface area contributed by atoms with E-state index >= 15 is 4.39 Å². The lowest BCUT2D eigenvalue weighted by Gasteiger charge is -2.27. The number of amides is 1. The first-order valence-corrected chi connectivity index (χ1v) is 8.54. The van der Waals surface area contributed by atoms with Crippen LogP contribution in [0.25, 0.3) is 11.3 Å². The van der Waals surface area contributed by atoms with Gasteiger partial charge in [-0.15, -0.1) is 0 Å². The zero-order chi connectivity index (χ0) is 21.6. The molecule has 2 aromatic heterocycles. The maximum atomic E-state index is 15.0. The van der Waals surface area contributed by atoms with Crippen LogP contribution in [-0.2, 0) is 10.3 Å². The normalized spacial score (nSPS) is 18.9. The van der Waals surface area contributed by atoms with E-state index in [1.807, 2.05) is 0 Å². The number of alkyl halides is 2. The van der Waals surface area contributed by atoms with Gasteiger partial charge in [0.2, 0.25) is 0 Å². The van der Waals surface area contributed by atoms with E-state index < -0.39 is 35.2 Å². The number of nitrogens with two attached hydrogens (primary N) is 1. The molecule has 11 heteroatoms. The summed E-state index contributed by atoms with van der Waals surface area (Å²) in [5.74, 6) is -3.14. The Bertz CT molecular complexity index is 1170. The Kier molecular flexibility index (Phi) is 4.52. The van der Waals surface area contributed by atoms with Crippen molar-refractivity contribution in [1.29, 1.82) is 0 Å². The summed E-state index contributed by atoms with van der Waals surface area (Å²) in [6.45, 7) is 0. The molecule has 0 fully saturated rings. The molecule has 7 nitrogen and oxygen atoms in total. The van der Waals surface area contributed by atoms with Crippen LogP contribution in [0.2, 0.25) is 0 Å². The number of likely N-dealkylation sites (N-methyl/N-ethyl adjacent to an activating group) is 1. The first-order valence-electron chi connectivity index (χ1n) is 8.54. The number of guanidine groups is 1. The summed E-state index contributed by atoms with van der Waals surface area (Å²) in [5.41, 5.74) is 2.41. The number of aliphatic imine (C=N–C) groups is 1. The summed E-state index contributed by atoms with van der Waals surface area (Å²) in [6, 6.07) is 5.14. The smallest absolute Gasteiger partial charge is 0.280 e. The van der Waals surface area contributed by atoms with Crippen LogP contribution in [0.3, 0.4) is 0 Å². The molecule has 4 rings (SSSR count). The molecule has 1 aliphatic heterocycles. The van der Waals surface area contributed by atoms with Crippen LogP contribution in [0, 0.1) is 11.6 Å². The molecule has 2 N–H and O–H groups in total. The maximum Gasteiger partial charge on any atom is 0.280 e. The standard InChI is InChI=1S/C19H13F4N5O2/c1-28-17(29)19(26-18(28)24,9-2-4-25-15(6-9)16(22)23)11-7-10(12(20)8-13(11)21)14-3-5-30-27-14/h2-8,16H,1H3,(H2,24,26). The number of halogens is 4. The second kappa shape index (κ2) is 6.94. The summed E-state index contributed by atoms with van der Waals surface area (Å²) in [6.07, 6.45) is -0.701. The van der Waals surface area contributed by atoms with Gasteiger partial charge in [-0.2, -0.15) is 0 Å². The number of carbonyl (C=O) groups is 1.